The summed E-state index contributed by atoms with van der Waals surface area (Å²) in [6.07, 6.45) is 0. The molecule has 1 heterocycles. The standard InChI is InChI=1S/C10H24N4O2S/c1-2-17(15,16)13-4-3-11-5-8-14-9-6-12-7-10-14/h11-13H,2-10H2,1H3. The molecule has 0 atom stereocenters. The summed E-state index contributed by atoms with van der Waals surface area (Å²) >= 11 is 0. The fraction of sp³-hybridized carbons (Fsp3) is 1.00. The topological polar surface area (TPSA) is 73.5 Å². The van der Waals surface area contributed by atoms with Gasteiger partial charge in [0.25, 0.3) is 0 Å². The molecule has 7 heteroatoms. The van der Waals surface area contributed by atoms with Gasteiger partial charge in [-0.2, -0.15) is 0 Å². The van der Waals surface area contributed by atoms with Crippen molar-refractivity contribution in [1.29, 1.82) is 0 Å². The summed E-state index contributed by atoms with van der Waals surface area (Å²) in [5.74, 6) is 0.147. The number of sulfonamides is 1. The summed E-state index contributed by atoms with van der Waals surface area (Å²) in [7, 11) is -3.04. The summed E-state index contributed by atoms with van der Waals surface area (Å²) in [6.45, 7) is 9.07. The average molecular weight is 264 g/mol. The van der Waals surface area contributed by atoms with Crippen molar-refractivity contribution in [2.24, 2.45) is 0 Å². The van der Waals surface area contributed by atoms with Gasteiger partial charge in [-0.15, -0.1) is 0 Å². The highest BCUT2D eigenvalue weighted by atomic mass is 32.2. The zero-order chi connectivity index (χ0) is 12.6. The highest BCUT2D eigenvalue weighted by Gasteiger charge is 2.08. The minimum absolute atomic E-state index is 0.147. The molecule has 0 unspecified atom stereocenters. The molecule has 0 aliphatic carbocycles. The van der Waals surface area contributed by atoms with Gasteiger partial charge in [0, 0.05) is 52.4 Å². The van der Waals surface area contributed by atoms with Gasteiger partial charge in [0.05, 0.1) is 5.75 Å². The summed E-state index contributed by atoms with van der Waals surface area (Å²) in [6, 6.07) is 0. The van der Waals surface area contributed by atoms with Crippen LogP contribution in [0.4, 0.5) is 0 Å². The number of nitrogens with one attached hydrogen (secondary N) is 3. The van der Waals surface area contributed by atoms with E-state index in [1.807, 2.05) is 0 Å². The fourth-order valence-corrected chi connectivity index (χ4v) is 2.31. The third-order valence-electron chi connectivity index (χ3n) is 2.82. The van der Waals surface area contributed by atoms with Gasteiger partial charge in [-0.1, -0.05) is 0 Å². The van der Waals surface area contributed by atoms with Gasteiger partial charge in [0.15, 0.2) is 0 Å². The van der Waals surface area contributed by atoms with E-state index in [2.05, 4.69) is 20.3 Å². The normalized spacial score (nSPS) is 18.4. The molecule has 102 valence electrons. The van der Waals surface area contributed by atoms with Crippen LogP contribution in [0.2, 0.25) is 0 Å². The van der Waals surface area contributed by atoms with Gasteiger partial charge >= 0.3 is 0 Å². The number of hydrogen-bond donors (Lipinski definition) is 3. The first-order valence-electron chi connectivity index (χ1n) is 6.25. The maximum absolute atomic E-state index is 11.1. The molecule has 1 fully saturated rings. The highest BCUT2D eigenvalue weighted by molar-refractivity contribution is 7.89. The summed E-state index contributed by atoms with van der Waals surface area (Å²) in [4.78, 5) is 2.40. The Hall–Kier alpha value is -0.210. The molecule has 0 aromatic carbocycles. The Morgan fingerprint density at radius 2 is 1.88 bits per heavy atom. The van der Waals surface area contributed by atoms with E-state index in [9.17, 15) is 8.42 Å². The molecular formula is C10H24N4O2S. The van der Waals surface area contributed by atoms with E-state index < -0.39 is 10.0 Å². The lowest BCUT2D eigenvalue weighted by atomic mass is 10.3. The van der Waals surface area contributed by atoms with Crippen molar-refractivity contribution in [2.45, 2.75) is 6.92 Å². The molecule has 17 heavy (non-hydrogen) atoms. The minimum Gasteiger partial charge on any atom is -0.314 e. The molecule has 0 bridgehead atoms. The number of nitrogens with zero attached hydrogens (tertiary/aromatic N) is 1. The van der Waals surface area contributed by atoms with Crippen LogP contribution in [0.1, 0.15) is 6.92 Å². The maximum atomic E-state index is 11.1. The Balaban J connectivity index is 1.94. The highest BCUT2D eigenvalue weighted by Crippen LogP contribution is 1.89. The zero-order valence-corrected chi connectivity index (χ0v) is 11.4. The van der Waals surface area contributed by atoms with Crippen molar-refractivity contribution in [3.8, 4) is 0 Å². The Bertz CT molecular complexity index is 289. The van der Waals surface area contributed by atoms with Crippen LogP contribution >= 0.6 is 0 Å². The van der Waals surface area contributed by atoms with Crippen LogP contribution in [0.5, 0.6) is 0 Å². The first kappa shape index (κ1) is 14.8. The second kappa shape index (κ2) is 7.99. The lowest BCUT2D eigenvalue weighted by molar-refractivity contribution is 0.241. The summed E-state index contributed by atoms with van der Waals surface area (Å²) in [5, 5.41) is 6.55. The quantitative estimate of drug-likeness (QED) is 0.462. The minimum atomic E-state index is -3.04. The third-order valence-corrected chi connectivity index (χ3v) is 4.22. The van der Waals surface area contributed by atoms with Crippen molar-refractivity contribution < 1.29 is 8.42 Å². The number of hydrogen-bond acceptors (Lipinski definition) is 5. The first-order valence-corrected chi connectivity index (χ1v) is 7.90. The predicted molar refractivity (Wildman–Crippen MR) is 69.6 cm³/mol. The molecule has 0 saturated carbocycles. The smallest absolute Gasteiger partial charge is 0.211 e. The third kappa shape index (κ3) is 6.95. The summed E-state index contributed by atoms with van der Waals surface area (Å²) in [5.41, 5.74) is 0. The zero-order valence-electron chi connectivity index (χ0n) is 10.5. The van der Waals surface area contributed by atoms with Gasteiger partial charge in [0.1, 0.15) is 0 Å². The predicted octanol–water partition coefficient (Wildman–Crippen LogP) is -1.58. The largest absolute Gasteiger partial charge is 0.314 e. The lowest BCUT2D eigenvalue weighted by Gasteiger charge is -2.27. The van der Waals surface area contributed by atoms with E-state index >= 15 is 0 Å². The van der Waals surface area contributed by atoms with E-state index in [0.29, 0.717) is 13.1 Å². The fourth-order valence-electron chi connectivity index (χ4n) is 1.69. The molecule has 6 nitrogen and oxygen atoms in total. The van der Waals surface area contributed by atoms with Crippen molar-refractivity contribution >= 4 is 10.0 Å². The molecule has 1 aliphatic heterocycles. The molecular weight excluding hydrogens is 240 g/mol. The summed E-state index contributed by atoms with van der Waals surface area (Å²) < 4.78 is 24.8. The average Bonchev–Trinajstić information content (AvgIpc) is 2.35. The Kier molecular flexibility index (Phi) is 6.98. The Morgan fingerprint density at radius 3 is 2.53 bits per heavy atom. The molecule has 0 radical (unpaired) electrons. The van der Waals surface area contributed by atoms with Crippen LogP contribution in [0.25, 0.3) is 0 Å². The number of rotatable bonds is 8. The maximum Gasteiger partial charge on any atom is 0.211 e. The van der Waals surface area contributed by atoms with Crippen LogP contribution in [-0.2, 0) is 10.0 Å². The van der Waals surface area contributed by atoms with Gasteiger partial charge in [-0.05, 0) is 6.92 Å². The van der Waals surface area contributed by atoms with E-state index in [-0.39, 0.29) is 5.75 Å². The monoisotopic (exact) mass is 264 g/mol. The van der Waals surface area contributed by atoms with Gasteiger partial charge < -0.3 is 10.6 Å². The van der Waals surface area contributed by atoms with Crippen LogP contribution in [0.3, 0.4) is 0 Å². The molecule has 0 spiro atoms. The molecule has 0 aromatic heterocycles. The molecule has 3 N–H and O–H groups in total. The van der Waals surface area contributed by atoms with Crippen LogP contribution in [0.15, 0.2) is 0 Å². The van der Waals surface area contributed by atoms with E-state index in [1.54, 1.807) is 6.92 Å². The van der Waals surface area contributed by atoms with Gasteiger partial charge in [-0.3, -0.25) is 4.90 Å². The van der Waals surface area contributed by atoms with Crippen LogP contribution in [0, 0.1) is 0 Å². The van der Waals surface area contributed by atoms with Gasteiger partial charge in [-0.25, -0.2) is 13.1 Å². The van der Waals surface area contributed by atoms with Gasteiger partial charge in [0.2, 0.25) is 10.0 Å². The molecule has 1 aliphatic rings. The van der Waals surface area contributed by atoms with E-state index in [0.717, 1.165) is 39.3 Å². The van der Waals surface area contributed by atoms with Crippen molar-refractivity contribution in [1.82, 2.24) is 20.3 Å². The molecule has 1 saturated heterocycles. The Labute approximate surface area is 104 Å². The lowest BCUT2D eigenvalue weighted by Crippen LogP contribution is -2.46. The van der Waals surface area contributed by atoms with E-state index in [1.165, 1.54) is 0 Å². The molecule has 0 amide bonds. The van der Waals surface area contributed by atoms with Crippen molar-refractivity contribution in [2.75, 3.05) is 58.1 Å². The van der Waals surface area contributed by atoms with Crippen molar-refractivity contribution in [3.05, 3.63) is 0 Å². The van der Waals surface area contributed by atoms with Crippen molar-refractivity contribution in [3.63, 3.8) is 0 Å². The first-order chi connectivity index (χ1) is 8.14. The molecule has 0 aromatic rings. The molecule has 1 rings (SSSR count). The Morgan fingerprint density at radius 1 is 1.18 bits per heavy atom. The van der Waals surface area contributed by atoms with E-state index in [4.69, 9.17) is 0 Å². The van der Waals surface area contributed by atoms with Crippen LogP contribution in [-0.4, -0.2) is 71.4 Å². The SMILES string of the molecule is CCS(=O)(=O)NCCNCCN1CCNCC1. The number of piperazine rings is 1. The van der Waals surface area contributed by atoms with Crippen LogP contribution < -0.4 is 15.4 Å². The second-order valence-electron chi connectivity index (χ2n) is 4.14. The second-order valence-corrected chi connectivity index (χ2v) is 6.23.